The zero-order valence-corrected chi connectivity index (χ0v) is 11.2. The van der Waals surface area contributed by atoms with Gasteiger partial charge >= 0.3 is 0 Å². The van der Waals surface area contributed by atoms with Gasteiger partial charge in [0.05, 0.1) is 6.61 Å². The quantitative estimate of drug-likeness (QED) is 0.677. The van der Waals surface area contributed by atoms with Gasteiger partial charge < -0.3 is 15.4 Å². The highest BCUT2D eigenvalue weighted by atomic mass is 19.3. The Morgan fingerprint density at radius 3 is 2.79 bits per heavy atom. The first-order valence-electron chi connectivity index (χ1n) is 6.30. The van der Waals surface area contributed by atoms with Crippen LogP contribution in [0.3, 0.4) is 0 Å². The third-order valence-electron chi connectivity index (χ3n) is 2.29. The molecule has 0 bridgehead atoms. The van der Waals surface area contributed by atoms with Gasteiger partial charge in [-0.25, -0.2) is 13.8 Å². The summed E-state index contributed by atoms with van der Waals surface area (Å²) in [6.45, 7) is 4.85. The van der Waals surface area contributed by atoms with Crippen LogP contribution in [0.25, 0.3) is 0 Å². The molecule has 1 aromatic rings. The number of alkyl halides is 2. The second-order valence-electron chi connectivity index (χ2n) is 4.04. The normalized spacial score (nSPS) is 10.8. The minimum atomic E-state index is -2.43. The molecular formula is C12H20F2N4O. The third kappa shape index (κ3) is 6.28. The summed E-state index contributed by atoms with van der Waals surface area (Å²) in [6.07, 6.45) is 0.278. The van der Waals surface area contributed by atoms with Crippen molar-refractivity contribution in [3.63, 3.8) is 0 Å². The molecule has 0 radical (unpaired) electrons. The molecule has 1 aromatic heterocycles. The molecule has 0 spiro atoms. The Kier molecular flexibility index (Phi) is 7.02. The van der Waals surface area contributed by atoms with Gasteiger partial charge in [0.25, 0.3) is 6.43 Å². The molecule has 0 aliphatic rings. The van der Waals surface area contributed by atoms with Gasteiger partial charge in [-0.15, -0.1) is 0 Å². The summed E-state index contributed by atoms with van der Waals surface area (Å²) in [4.78, 5) is 8.46. The highest BCUT2D eigenvalue weighted by Gasteiger charge is 2.04. The van der Waals surface area contributed by atoms with E-state index in [4.69, 9.17) is 4.74 Å². The molecule has 108 valence electrons. The molecule has 0 aliphatic carbocycles. The SMILES string of the molecule is CCCNc1ncc(C)c(NCCOCC(F)F)n1. The van der Waals surface area contributed by atoms with Crippen molar-refractivity contribution >= 4 is 11.8 Å². The summed E-state index contributed by atoms with van der Waals surface area (Å²) >= 11 is 0. The summed E-state index contributed by atoms with van der Waals surface area (Å²) in [6, 6.07) is 0. The van der Waals surface area contributed by atoms with Gasteiger partial charge in [0.1, 0.15) is 12.4 Å². The Labute approximate surface area is 111 Å². The van der Waals surface area contributed by atoms with Crippen LogP contribution < -0.4 is 10.6 Å². The Balaban J connectivity index is 2.39. The van der Waals surface area contributed by atoms with E-state index in [-0.39, 0.29) is 6.61 Å². The summed E-state index contributed by atoms with van der Waals surface area (Å²) in [5.41, 5.74) is 0.899. The summed E-state index contributed by atoms with van der Waals surface area (Å²) in [7, 11) is 0. The van der Waals surface area contributed by atoms with E-state index in [1.165, 1.54) is 0 Å². The molecule has 0 saturated carbocycles. The fourth-order valence-electron chi connectivity index (χ4n) is 1.36. The first kappa shape index (κ1) is 15.6. The zero-order chi connectivity index (χ0) is 14.1. The van der Waals surface area contributed by atoms with Gasteiger partial charge in [0.15, 0.2) is 0 Å². The Morgan fingerprint density at radius 2 is 2.11 bits per heavy atom. The van der Waals surface area contributed by atoms with Crippen molar-refractivity contribution in [2.75, 3.05) is 36.9 Å². The minimum absolute atomic E-state index is 0.214. The van der Waals surface area contributed by atoms with Gasteiger partial charge in [-0.3, -0.25) is 0 Å². The Bertz CT molecular complexity index is 377. The van der Waals surface area contributed by atoms with E-state index in [0.717, 1.165) is 18.5 Å². The molecule has 0 aromatic carbocycles. The number of aryl methyl sites for hydroxylation is 1. The van der Waals surface area contributed by atoms with Crippen LogP contribution in [-0.2, 0) is 4.74 Å². The van der Waals surface area contributed by atoms with Crippen molar-refractivity contribution in [3.05, 3.63) is 11.8 Å². The average molecular weight is 274 g/mol. The maximum Gasteiger partial charge on any atom is 0.261 e. The number of aromatic nitrogens is 2. The first-order valence-corrected chi connectivity index (χ1v) is 6.30. The van der Waals surface area contributed by atoms with Crippen LogP contribution in [-0.4, -0.2) is 42.7 Å². The van der Waals surface area contributed by atoms with Crippen molar-refractivity contribution < 1.29 is 13.5 Å². The van der Waals surface area contributed by atoms with Gasteiger partial charge in [0.2, 0.25) is 5.95 Å². The number of nitrogens with zero attached hydrogens (tertiary/aromatic N) is 2. The van der Waals surface area contributed by atoms with Gasteiger partial charge in [-0.05, 0) is 13.3 Å². The zero-order valence-electron chi connectivity index (χ0n) is 11.2. The number of anilines is 2. The maximum absolute atomic E-state index is 11.8. The van der Waals surface area contributed by atoms with Crippen LogP contribution >= 0.6 is 0 Å². The number of rotatable bonds is 9. The standard InChI is InChI=1S/C12H20F2N4O/c1-3-4-16-12-17-7-9(2)11(18-12)15-5-6-19-8-10(13)14/h7,10H,3-6,8H2,1-2H3,(H2,15,16,17,18). The lowest BCUT2D eigenvalue weighted by molar-refractivity contribution is 0.0215. The van der Waals surface area contributed by atoms with Crippen LogP contribution in [0, 0.1) is 6.92 Å². The van der Waals surface area contributed by atoms with Gasteiger partial charge in [-0.2, -0.15) is 4.98 Å². The lowest BCUT2D eigenvalue weighted by Crippen LogP contribution is -2.15. The Hall–Kier alpha value is -1.50. The summed E-state index contributed by atoms with van der Waals surface area (Å²) < 4.78 is 28.5. The highest BCUT2D eigenvalue weighted by molar-refractivity contribution is 5.46. The summed E-state index contributed by atoms with van der Waals surface area (Å²) in [5.74, 6) is 1.25. The lowest BCUT2D eigenvalue weighted by atomic mass is 10.3. The predicted molar refractivity (Wildman–Crippen MR) is 70.9 cm³/mol. The molecule has 0 fully saturated rings. The molecule has 0 amide bonds. The molecule has 7 heteroatoms. The molecule has 0 unspecified atom stereocenters. The van der Waals surface area contributed by atoms with E-state index in [2.05, 4.69) is 27.5 Å². The maximum atomic E-state index is 11.8. The molecule has 0 saturated heterocycles. The highest BCUT2D eigenvalue weighted by Crippen LogP contribution is 2.12. The number of nitrogens with one attached hydrogen (secondary N) is 2. The van der Waals surface area contributed by atoms with Gasteiger partial charge in [-0.1, -0.05) is 6.92 Å². The smallest absolute Gasteiger partial charge is 0.261 e. The second kappa shape index (κ2) is 8.58. The van der Waals surface area contributed by atoms with Crippen LogP contribution in [0.2, 0.25) is 0 Å². The number of hydrogen-bond acceptors (Lipinski definition) is 5. The molecular weight excluding hydrogens is 254 g/mol. The van der Waals surface area contributed by atoms with Crippen molar-refractivity contribution in [2.24, 2.45) is 0 Å². The second-order valence-corrected chi connectivity index (χ2v) is 4.04. The van der Waals surface area contributed by atoms with Gasteiger partial charge in [0, 0.05) is 24.8 Å². The fraction of sp³-hybridized carbons (Fsp3) is 0.667. The third-order valence-corrected chi connectivity index (χ3v) is 2.29. The molecule has 0 atom stereocenters. The van der Waals surface area contributed by atoms with Crippen LogP contribution in [0.4, 0.5) is 20.5 Å². The number of hydrogen-bond donors (Lipinski definition) is 2. The monoisotopic (exact) mass is 274 g/mol. The Morgan fingerprint density at radius 1 is 1.32 bits per heavy atom. The van der Waals surface area contributed by atoms with Crippen LogP contribution in [0.5, 0.6) is 0 Å². The predicted octanol–water partition coefficient (Wildman–Crippen LogP) is 2.30. The molecule has 0 aliphatic heterocycles. The van der Waals surface area contributed by atoms with E-state index in [0.29, 0.717) is 18.3 Å². The molecule has 1 heterocycles. The lowest BCUT2D eigenvalue weighted by Gasteiger charge is -2.10. The largest absolute Gasteiger partial charge is 0.374 e. The fourth-order valence-corrected chi connectivity index (χ4v) is 1.36. The van der Waals surface area contributed by atoms with Crippen molar-refractivity contribution in [3.8, 4) is 0 Å². The van der Waals surface area contributed by atoms with E-state index >= 15 is 0 Å². The molecule has 1 rings (SSSR count). The first-order chi connectivity index (χ1) is 9.13. The number of halogens is 2. The minimum Gasteiger partial charge on any atom is -0.374 e. The van der Waals surface area contributed by atoms with Crippen molar-refractivity contribution in [2.45, 2.75) is 26.7 Å². The van der Waals surface area contributed by atoms with Crippen molar-refractivity contribution in [1.82, 2.24) is 9.97 Å². The molecule has 5 nitrogen and oxygen atoms in total. The van der Waals surface area contributed by atoms with Crippen LogP contribution in [0.15, 0.2) is 6.20 Å². The van der Waals surface area contributed by atoms with E-state index in [1.54, 1.807) is 6.20 Å². The van der Waals surface area contributed by atoms with E-state index < -0.39 is 13.0 Å². The average Bonchev–Trinajstić information content (AvgIpc) is 2.38. The van der Waals surface area contributed by atoms with Crippen molar-refractivity contribution in [1.29, 1.82) is 0 Å². The van der Waals surface area contributed by atoms with Crippen LogP contribution in [0.1, 0.15) is 18.9 Å². The van der Waals surface area contributed by atoms with E-state index in [1.807, 2.05) is 6.92 Å². The molecule has 2 N–H and O–H groups in total. The topological polar surface area (TPSA) is 59.1 Å². The summed E-state index contributed by atoms with van der Waals surface area (Å²) in [5, 5.41) is 6.13. The van der Waals surface area contributed by atoms with E-state index in [9.17, 15) is 8.78 Å². The molecule has 19 heavy (non-hydrogen) atoms. The number of ether oxygens (including phenoxy) is 1.